The van der Waals surface area contributed by atoms with E-state index in [2.05, 4.69) is 0 Å². The van der Waals surface area contributed by atoms with Crippen LogP contribution in [0.2, 0.25) is 0 Å². The summed E-state index contributed by atoms with van der Waals surface area (Å²) < 4.78 is 42.6. The Morgan fingerprint density at radius 2 is 1.00 bits per heavy atom. The van der Waals surface area contributed by atoms with Crippen molar-refractivity contribution in [3.63, 3.8) is 0 Å². The van der Waals surface area contributed by atoms with Gasteiger partial charge in [-0.25, -0.2) is 0 Å². The summed E-state index contributed by atoms with van der Waals surface area (Å²) in [5.74, 6) is 0. The van der Waals surface area contributed by atoms with Gasteiger partial charge in [0.15, 0.2) is 0 Å². The zero-order valence-corrected chi connectivity index (χ0v) is 8.01. The summed E-state index contributed by atoms with van der Waals surface area (Å²) in [5, 5.41) is 0. The molecule has 9 nitrogen and oxygen atoms in total. The molecule has 0 aliphatic heterocycles. The second-order valence-corrected chi connectivity index (χ2v) is 2.57. The zero-order chi connectivity index (χ0) is 9.00. The van der Waals surface area contributed by atoms with E-state index in [0.717, 1.165) is 0 Å². The van der Waals surface area contributed by atoms with Crippen molar-refractivity contribution in [1.82, 2.24) is 0 Å². The Morgan fingerprint density at radius 1 is 1.00 bits per heavy atom. The number of rotatable bonds is 0. The van der Waals surface area contributed by atoms with Crippen molar-refractivity contribution >= 4 is 35.6 Å². The van der Waals surface area contributed by atoms with Crippen LogP contribution in [0.4, 0.5) is 0 Å². The molecule has 0 rings (SSSR count). The van der Waals surface area contributed by atoms with E-state index in [1.54, 1.807) is 0 Å². The van der Waals surface area contributed by atoms with Gasteiger partial charge in [0, 0.05) is 10.4 Å². The molecule has 0 aromatic rings. The van der Waals surface area contributed by atoms with E-state index in [-0.39, 0.29) is 22.8 Å². The Kier molecular flexibility index (Phi) is 15.4. The van der Waals surface area contributed by atoms with Crippen molar-refractivity contribution in [1.29, 1.82) is 0 Å². The van der Waals surface area contributed by atoms with Gasteiger partial charge in [0.1, 0.15) is 0 Å². The molecule has 0 atom stereocenters. The van der Waals surface area contributed by atoms with E-state index in [0.29, 0.717) is 0 Å². The van der Waals surface area contributed by atoms with Crippen molar-refractivity contribution in [3.05, 3.63) is 0 Å². The molecule has 0 heterocycles. The average Bonchev–Trinajstić information content (AvgIpc) is 1.12. The van der Waals surface area contributed by atoms with Crippen LogP contribution in [0.25, 0.3) is 0 Å². The van der Waals surface area contributed by atoms with Gasteiger partial charge in [-0.15, -0.1) is 0 Å². The summed E-state index contributed by atoms with van der Waals surface area (Å²) in [5.41, 5.74) is 0. The molecular weight excluding hydrogens is 234 g/mol. The maximum atomic E-state index is 8.55. The van der Waals surface area contributed by atoms with Crippen LogP contribution < -0.4 is 14.7 Å². The quantitative estimate of drug-likeness (QED) is 0.171. The summed E-state index contributed by atoms with van der Waals surface area (Å²) in [6.45, 7) is 0. The Bertz CT molecular complexity index is 192. The molecular formula is HAlO9PS-3. The number of hydrogen-bond donors (Lipinski definition) is 0. The third kappa shape index (κ3) is 4210. The van der Waals surface area contributed by atoms with Crippen LogP contribution in [-0.2, 0) is 15.0 Å². The van der Waals surface area contributed by atoms with Crippen LogP contribution in [0.15, 0.2) is 0 Å². The van der Waals surface area contributed by atoms with E-state index in [9.17, 15) is 0 Å². The first kappa shape index (κ1) is 22.9. The number of phosphoric acid groups is 1. The molecule has 1 N–H and O–H groups in total. The van der Waals surface area contributed by atoms with E-state index in [1.807, 2.05) is 0 Å². The minimum atomic E-state index is -5.39. The summed E-state index contributed by atoms with van der Waals surface area (Å²) in [6, 6.07) is 0. The van der Waals surface area contributed by atoms with Crippen LogP contribution in [0.5, 0.6) is 0 Å². The standard InChI is InChI=1S/Al.H3O4P.H2O4S.H2O/c;2*1-5(2,3)4;/h;(H3,1,2,3,4);(H2,1,2,3,4);1H2/q+3;;;/p-6. The van der Waals surface area contributed by atoms with Crippen LogP contribution in [0, 0.1) is 0 Å². The Labute approximate surface area is 78.3 Å². The van der Waals surface area contributed by atoms with Crippen LogP contribution in [0.1, 0.15) is 0 Å². The monoisotopic (exact) mass is 235 g/mol. The van der Waals surface area contributed by atoms with Gasteiger partial charge in [0.2, 0.25) is 0 Å². The third-order valence-corrected chi connectivity index (χ3v) is 0. The average molecular weight is 235 g/mol. The maximum Gasteiger partial charge on any atom is 3.00 e. The van der Waals surface area contributed by atoms with Crippen molar-refractivity contribution in [2.24, 2.45) is 0 Å². The fourth-order valence-corrected chi connectivity index (χ4v) is 0. The molecule has 0 amide bonds. The maximum absolute atomic E-state index is 8.55. The van der Waals surface area contributed by atoms with Crippen molar-refractivity contribution in [3.8, 4) is 0 Å². The molecule has 0 radical (unpaired) electrons. The topological polar surface area (TPSA) is 197 Å². The van der Waals surface area contributed by atoms with E-state index in [1.165, 1.54) is 0 Å². The van der Waals surface area contributed by atoms with Crippen molar-refractivity contribution in [2.45, 2.75) is 0 Å². The van der Waals surface area contributed by atoms with Crippen LogP contribution >= 0.6 is 7.82 Å². The third-order valence-electron chi connectivity index (χ3n) is 0. The smallest absolute Gasteiger partial charge is 0.870 e. The molecule has 0 aliphatic carbocycles. The van der Waals surface area contributed by atoms with Gasteiger partial charge in [0.05, 0.1) is 0 Å². The molecule has 0 unspecified atom stereocenters. The summed E-state index contributed by atoms with van der Waals surface area (Å²) >= 11 is 0. The Hall–Kier alpha value is 0.472. The molecule has 0 aromatic heterocycles. The van der Waals surface area contributed by atoms with Gasteiger partial charge in [-0.05, 0) is 0 Å². The van der Waals surface area contributed by atoms with E-state index >= 15 is 0 Å². The molecule has 72 valence electrons. The van der Waals surface area contributed by atoms with Crippen molar-refractivity contribution < 1.29 is 42.2 Å². The van der Waals surface area contributed by atoms with Gasteiger partial charge in [0.25, 0.3) is 0 Å². The summed E-state index contributed by atoms with van der Waals surface area (Å²) in [7, 11) is -10.6. The minimum Gasteiger partial charge on any atom is -0.870 e. The first-order chi connectivity index (χ1) is 4.00. The van der Waals surface area contributed by atoms with Gasteiger partial charge in [-0.3, -0.25) is 8.42 Å². The first-order valence-corrected chi connectivity index (χ1v) is 4.19. The zero-order valence-electron chi connectivity index (χ0n) is 5.15. The molecule has 0 spiro atoms. The van der Waals surface area contributed by atoms with Crippen LogP contribution in [-0.4, -0.2) is 40.4 Å². The second kappa shape index (κ2) is 8.09. The fourth-order valence-electron chi connectivity index (χ4n) is 0. The number of hydrogen-bond acceptors (Lipinski definition) is 9. The molecule has 0 bridgehead atoms. The van der Waals surface area contributed by atoms with Gasteiger partial charge >= 0.3 is 17.4 Å². The SMILES string of the molecule is O=P([O-])([O-])[O-].O=S(=O)([O-])[O-].[Al+3].[OH-]. The summed E-state index contributed by atoms with van der Waals surface area (Å²) in [4.78, 5) is 25.6. The molecule has 12 heteroatoms. The fraction of sp³-hybridized carbons (Fsp3) is 0. The molecule has 12 heavy (non-hydrogen) atoms. The molecule has 0 fully saturated rings. The molecule has 0 aromatic carbocycles. The summed E-state index contributed by atoms with van der Waals surface area (Å²) in [6.07, 6.45) is 0. The predicted octanol–water partition coefficient (Wildman–Crippen LogP) is -4.72. The van der Waals surface area contributed by atoms with E-state index in [4.69, 9.17) is 36.8 Å². The minimum absolute atomic E-state index is 0. The Morgan fingerprint density at radius 3 is 1.00 bits per heavy atom. The van der Waals surface area contributed by atoms with Crippen molar-refractivity contribution in [2.75, 3.05) is 0 Å². The first-order valence-electron chi connectivity index (χ1n) is 1.40. The van der Waals surface area contributed by atoms with Gasteiger partial charge < -0.3 is 33.8 Å². The van der Waals surface area contributed by atoms with Gasteiger partial charge in [-0.1, -0.05) is 0 Å². The Balaban J connectivity index is -0.0000000457. The van der Waals surface area contributed by atoms with Crippen LogP contribution in [0.3, 0.4) is 0 Å². The molecule has 0 saturated carbocycles. The largest absolute Gasteiger partial charge is 3.00 e. The second-order valence-electron chi connectivity index (χ2n) is 0.855. The molecule has 0 saturated heterocycles. The van der Waals surface area contributed by atoms with Gasteiger partial charge in [-0.2, -0.15) is 7.82 Å². The van der Waals surface area contributed by atoms with E-state index < -0.39 is 18.2 Å². The predicted molar refractivity (Wildman–Crippen MR) is 25.8 cm³/mol. The normalized spacial score (nSPS) is 9.75. The molecule has 0 aliphatic rings.